The number of hydrogen-bond donors (Lipinski definition) is 2. The molecule has 0 spiro atoms. The highest BCUT2D eigenvalue weighted by molar-refractivity contribution is 6.30. The SMILES string of the molecule is Oc1cc(Cl)ccc1-c1nc2c(F)c(F)ccc2[nH]1. The second kappa shape index (κ2) is 4.20. The van der Waals surface area contributed by atoms with Crippen molar-refractivity contribution in [2.24, 2.45) is 0 Å². The second-order valence-corrected chi connectivity index (χ2v) is 4.44. The summed E-state index contributed by atoms with van der Waals surface area (Å²) in [5.74, 6) is -1.83. The average Bonchev–Trinajstić information content (AvgIpc) is 2.78. The Labute approximate surface area is 111 Å². The van der Waals surface area contributed by atoms with Crippen molar-refractivity contribution in [3.63, 3.8) is 0 Å². The molecule has 0 saturated carbocycles. The monoisotopic (exact) mass is 280 g/mol. The Morgan fingerprint density at radius 3 is 2.68 bits per heavy atom. The Balaban J connectivity index is 2.23. The van der Waals surface area contributed by atoms with E-state index in [9.17, 15) is 13.9 Å². The Morgan fingerprint density at radius 1 is 1.16 bits per heavy atom. The fourth-order valence-corrected chi connectivity index (χ4v) is 2.02. The van der Waals surface area contributed by atoms with Crippen LogP contribution in [0.2, 0.25) is 5.02 Å². The van der Waals surface area contributed by atoms with Crippen LogP contribution in [0.4, 0.5) is 8.78 Å². The molecule has 3 aromatic rings. The number of rotatable bonds is 1. The number of nitrogens with zero attached hydrogens (tertiary/aromatic N) is 1. The summed E-state index contributed by atoms with van der Waals surface area (Å²) >= 11 is 5.73. The first-order valence-corrected chi connectivity index (χ1v) is 5.76. The summed E-state index contributed by atoms with van der Waals surface area (Å²) in [6.07, 6.45) is 0. The van der Waals surface area contributed by atoms with Crippen LogP contribution in [0, 0.1) is 11.6 Å². The maximum absolute atomic E-state index is 13.6. The number of phenolic OH excluding ortho intramolecular Hbond substituents is 1. The third-order valence-corrected chi connectivity index (χ3v) is 3.00. The van der Waals surface area contributed by atoms with E-state index < -0.39 is 11.6 Å². The first-order valence-electron chi connectivity index (χ1n) is 5.39. The van der Waals surface area contributed by atoms with Gasteiger partial charge >= 0.3 is 0 Å². The first kappa shape index (κ1) is 11.9. The minimum atomic E-state index is -1.02. The molecule has 96 valence electrons. The summed E-state index contributed by atoms with van der Waals surface area (Å²) < 4.78 is 26.6. The zero-order valence-electron chi connectivity index (χ0n) is 9.42. The van der Waals surface area contributed by atoms with Gasteiger partial charge in [0.25, 0.3) is 0 Å². The van der Waals surface area contributed by atoms with Crippen LogP contribution >= 0.6 is 11.6 Å². The largest absolute Gasteiger partial charge is 0.507 e. The summed E-state index contributed by atoms with van der Waals surface area (Å²) in [6.45, 7) is 0. The van der Waals surface area contributed by atoms with E-state index in [4.69, 9.17) is 11.6 Å². The van der Waals surface area contributed by atoms with Gasteiger partial charge in [0.1, 0.15) is 17.1 Å². The maximum atomic E-state index is 13.6. The lowest BCUT2D eigenvalue weighted by Gasteiger charge is -2.00. The summed E-state index contributed by atoms with van der Waals surface area (Å²) in [4.78, 5) is 6.78. The van der Waals surface area contributed by atoms with Gasteiger partial charge in [-0.1, -0.05) is 11.6 Å². The number of H-pyrrole nitrogens is 1. The second-order valence-electron chi connectivity index (χ2n) is 4.00. The number of phenols is 1. The van der Waals surface area contributed by atoms with E-state index in [1.807, 2.05) is 0 Å². The molecule has 0 aliphatic heterocycles. The van der Waals surface area contributed by atoms with Crippen molar-refractivity contribution < 1.29 is 13.9 Å². The molecule has 0 aliphatic rings. The third-order valence-electron chi connectivity index (χ3n) is 2.76. The Hall–Kier alpha value is -2.14. The van der Waals surface area contributed by atoms with Crippen LogP contribution in [0.15, 0.2) is 30.3 Å². The normalized spacial score (nSPS) is 11.1. The lowest BCUT2D eigenvalue weighted by Crippen LogP contribution is -1.84. The number of fused-ring (bicyclic) bond motifs is 1. The summed E-state index contributed by atoms with van der Waals surface area (Å²) in [5, 5.41) is 10.2. The molecule has 19 heavy (non-hydrogen) atoms. The van der Waals surface area contributed by atoms with Crippen molar-refractivity contribution in [1.82, 2.24) is 9.97 Å². The number of nitrogens with one attached hydrogen (secondary N) is 1. The molecule has 0 atom stereocenters. The Bertz CT molecular complexity index is 786. The van der Waals surface area contributed by atoms with E-state index in [1.54, 1.807) is 12.1 Å². The minimum absolute atomic E-state index is 0.0903. The molecule has 0 bridgehead atoms. The third kappa shape index (κ3) is 1.92. The fourth-order valence-electron chi connectivity index (χ4n) is 1.85. The average molecular weight is 281 g/mol. The van der Waals surface area contributed by atoms with Crippen LogP contribution in [0.3, 0.4) is 0 Å². The number of aromatic hydroxyl groups is 1. The van der Waals surface area contributed by atoms with E-state index in [0.29, 0.717) is 16.1 Å². The van der Waals surface area contributed by atoms with Crippen LogP contribution in [-0.2, 0) is 0 Å². The van der Waals surface area contributed by atoms with Crippen molar-refractivity contribution >= 4 is 22.6 Å². The quantitative estimate of drug-likeness (QED) is 0.711. The maximum Gasteiger partial charge on any atom is 0.186 e. The molecule has 3 nitrogen and oxygen atoms in total. The van der Waals surface area contributed by atoms with Crippen LogP contribution in [-0.4, -0.2) is 15.1 Å². The number of hydrogen-bond acceptors (Lipinski definition) is 2. The molecule has 3 rings (SSSR count). The van der Waals surface area contributed by atoms with Gasteiger partial charge in [-0.3, -0.25) is 0 Å². The van der Waals surface area contributed by atoms with E-state index in [0.717, 1.165) is 6.07 Å². The van der Waals surface area contributed by atoms with Gasteiger partial charge in [-0.25, -0.2) is 13.8 Å². The number of aromatic nitrogens is 2. The van der Waals surface area contributed by atoms with Crippen molar-refractivity contribution in [2.45, 2.75) is 0 Å². The Kier molecular flexibility index (Phi) is 2.64. The smallest absolute Gasteiger partial charge is 0.186 e. The zero-order chi connectivity index (χ0) is 13.6. The number of benzene rings is 2. The van der Waals surface area contributed by atoms with Crippen molar-refractivity contribution in [1.29, 1.82) is 0 Å². The standard InChI is InChI=1S/C13H7ClF2N2O/c14-6-1-2-7(10(19)5-6)13-17-9-4-3-8(15)11(16)12(9)18-13/h1-5,19H,(H,17,18). The number of imidazole rings is 1. The summed E-state index contributed by atoms with van der Waals surface area (Å²) in [6, 6.07) is 6.87. The van der Waals surface area contributed by atoms with Crippen LogP contribution in [0.5, 0.6) is 5.75 Å². The van der Waals surface area contributed by atoms with Gasteiger partial charge in [0.05, 0.1) is 11.1 Å². The molecule has 0 amide bonds. The summed E-state index contributed by atoms with van der Waals surface area (Å²) in [5.41, 5.74) is 0.605. The van der Waals surface area contributed by atoms with Gasteiger partial charge in [-0.2, -0.15) is 0 Å². The van der Waals surface area contributed by atoms with Crippen LogP contribution < -0.4 is 0 Å². The molecule has 2 aromatic carbocycles. The number of halogens is 3. The highest BCUT2D eigenvalue weighted by Crippen LogP contribution is 2.31. The minimum Gasteiger partial charge on any atom is -0.507 e. The summed E-state index contributed by atoms with van der Waals surface area (Å²) in [7, 11) is 0. The molecule has 0 radical (unpaired) electrons. The fraction of sp³-hybridized carbons (Fsp3) is 0. The molecule has 1 heterocycles. The molecule has 2 N–H and O–H groups in total. The molecule has 0 saturated heterocycles. The van der Waals surface area contributed by atoms with Gasteiger partial charge in [-0.05, 0) is 30.3 Å². The van der Waals surface area contributed by atoms with E-state index in [1.165, 1.54) is 12.1 Å². The molecule has 6 heteroatoms. The Morgan fingerprint density at radius 2 is 1.95 bits per heavy atom. The number of aromatic amines is 1. The van der Waals surface area contributed by atoms with Gasteiger partial charge in [0.2, 0.25) is 0 Å². The first-order chi connectivity index (χ1) is 9.06. The van der Waals surface area contributed by atoms with E-state index >= 15 is 0 Å². The predicted octanol–water partition coefficient (Wildman–Crippen LogP) is 3.87. The molecule has 0 fully saturated rings. The van der Waals surface area contributed by atoms with Crippen molar-refractivity contribution in [3.8, 4) is 17.1 Å². The van der Waals surface area contributed by atoms with Gasteiger partial charge in [-0.15, -0.1) is 0 Å². The molecular weight excluding hydrogens is 274 g/mol. The molecule has 1 aromatic heterocycles. The lowest BCUT2D eigenvalue weighted by atomic mass is 10.2. The van der Waals surface area contributed by atoms with Crippen LogP contribution in [0.1, 0.15) is 0 Å². The van der Waals surface area contributed by atoms with Gasteiger partial charge in [0.15, 0.2) is 11.6 Å². The zero-order valence-corrected chi connectivity index (χ0v) is 10.2. The van der Waals surface area contributed by atoms with Gasteiger partial charge in [0, 0.05) is 5.02 Å². The highest BCUT2D eigenvalue weighted by Gasteiger charge is 2.14. The van der Waals surface area contributed by atoms with E-state index in [-0.39, 0.29) is 17.1 Å². The van der Waals surface area contributed by atoms with E-state index in [2.05, 4.69) is 9.97 Å². The molecule has 0 unspecified atom stereocenters. The van der Waals surface area contributed by atoms with Crippen LogP contribution in [0.25, 0.3) is 22.4 Å². The molecular formula is C13H7ClF2N2O. The van der Waals surface area contributed by atoms with Crippen molar-refractivity contribution in [3.05, 3.63) is 47.0 Å². The van der Waals surface area contributed by atoms with Gasteiger partial charge < -0.3 is 10.1 Å². The predicted molar refractivity (Wildman–Crippen MR) is 68.1 cm³/mol. The lowest BCUT2D eigenvalue weighted by molar-refractivity contribution is 0.477. The highest BCUT2D eigenvalue weighted by atomic mass is 35.5. The topological polar surface area (TPSA) is 48.9 Å². The van der Waals surface area contributed by atoms with Crippen molar-refractivity contribution in [2.75, 3.05) is 0 Å². The molecule has 0 aliphatic carbocycles.